The number of likely N-dealkylation sites (N-methyl/N-ethyl adjacent to an activating group) is 2. The van der Waals surface area contributed by atoms with Gasteiger partial charge in [-0.05, 0) is 19.7 Å². The van der Waals surface area contributed by atoms with Crippen molar-refractivity contribution in [3.05, 3.63) is 35.9 Å². The van der Waals surface area contributed by atoms with E-state index in [0.29, 0.717) is 0 Å². The molecule has 0 saturated carbocycles. The second kappa shape index (κ2) is 8.62. The zero-order valence-corrected chi connectivity index (χ0v) is 11.1. The second-order valence-electron chi connectivity index (χ2n) is 3.95. The van der Waals surface area contributed by atoms with Gasteiger partial charge in [-0.25, -0.2) is 0 Å². The zero-order chi connectivity index (χ0) is 11.6. The number of hydrogen-bond donors (Lipinski definition) is 1. The summed E-state index contributed by atoms with van der Waals surface area (Å²) in [7, 11) is 4.18. The summed E-state index contributed by atoms with van der Waals surface area (Å²) in [5.74, 6) is 2.33. The molecule has 16 heavy (non-hydrogen) atoms. The van der Waals surface area contributed by atoms with E-state index in [0.717, 1.165) is 18.8 Å². The van der Waals surface area contributed by atoms with Gasteiger partial charge in [-0.3, -0.25) is 0 Å². The summed E-state index contributed by atoms with van der Waals surface area (Å²) in [4.78, 5) is 2.37. The van der Waals surface area contributed by atoms with E-state index in [9.17, 15) is 0 Å². The maximum Gasteiger partial charge on any atom is 0.0185 e. The molecule has 0 spiro atoms. The topological polar surface area (TPSA) is 15.3 Å². The van der Waals surface area contributed by atoms with Gasteiger partial charge >= 0.3 is 0 Å². The average molecular weight is 238 g/mol. The summed E-state index contributed by atoms with van der Waals surface area (Å²) in [6, 6.07) is 10.7. The fourth-order valence-electron chi connectivity index (χ4n) is 1.40. The number of thioether (sulfide) groups is 1. The molecule has 0 aromatic heterocycles. The lowest BCUT2D eigenvalue weighted by atomic mass is 10.2. The van der Waals surface area contributed by atoms with Gasteiger partial charge in [0.25, 0.3) is 0 Å². The van der Waals surface area contributed by atoms with E-state index in [1.807, 2.05) is 18.8 Å². The Kier molecular flexibility index (Phi) is 7.30. The molecule has 0 aliphatic heterocycles. The van der Waals surface area contributed by atoms with Gasteiger partial charge in [0.1, 0.15) is 0 Å². The smallest absolute Gasteiger partial charge is 0.0185 e. The van der Waals surface area contributed by atoms with Gasteiger partial charge in [0.05, 0.1) is 0 Å². The molecule has 1 aromatic carbocycles. The van der Waals surface area contributed by atoms with Gasteiger partial charge in [0, 0.05) is 31.1 Å². The van der Waals surface area contributed by atoms with Crippen molar-refractivity contribution in [1.29, 1.82) is 0 Å². The average Bonchev–Trinajstić information content (AvgIpc) is 2.33. The van der Waals surface area contributed by atoms with Crippen LogP contribution in [0.25, 0.3) is 0 Å². The minimum atomic E-state index is 1.07. The molecule has 0 bridgehead atoms. The quantitative estimate of drug-likeness (QED) is 0.698. The van der Waals surface area contributed by atoms with E-state index < -0.39 is 0 Å². The molecule has 3 heteroatoms. The van der Waals surface area contributed by atoms with Gasteiger partial charge in [-0.1, -0.05) is 30.3 Å². The molecular weight excluding hydrogens is 216 g/mol. The van der Waals surface area contributed by atoms with Gasteiger partial charge in [-0.15, -0.1) is 0 Å². The van der Waals surface area contributed by atoms with Crippen molar-refractivity contribution in [3.63, 3.8) is 0 Å². The normalized spacial score (nSPS) is 10.9. The Labute approximate surface area is 103 Å². The third kappa shape index (κ3) is 6.16. The van der Waals surface area contributed by atoms with Crippen LogP contribution in [0.1, 0.15) is 5.56 Å². The minimum Gasteiger partial charge on any atom is -0.318 e. The van der Waals surface area contributed by atoms with Crippen LogP contribution in [0.3, 0.4) is 0 Å². The second-order valence-corrected chi connectivity index (χ2v) is 5.05. The Bertz CT molecular complexity index is 264. The van der Waals surface area contributed by atoms with Crippen molar-refractivity contribution in [3.8, 4) is 0 Å². The summed E-state index contributed by atoms with van der Waals surface area (Å²) in [6.07, 6.45) is 0. The van der Waals surface area contributed by atoms with Crippen LogP contribution >= 0.6 is 11.8 Å². The number of benzene rings is 1. The van der Waals surface area contributed by atoms with Crippen molar-refractivity contribution >= 4 is 11.8 Å². The third-order valence-corrected chi connectivity index (χ3v) is 3.48. The molecule has 1 N–H and O–H groups in total. The van der Waals surface area contributed by atoms with E-state index in [1.165, 1.54) is 17.9 Å². The number of hydrogen-bond acceptors (Lipinski definition) is 3. The highest BCUT2D eigenvalue weighted by Gasteiger charge is 1.97. The van der Waals surface area contributed by atoms with Gasteiger partial charge in [-0.2, -0.15) is 11.8 Å². The van der Waals surface area contributed by atoms with Gasteiger partial charge in [0.2, 0.25) is 0 Å². The first-order valence-electron chi connectivity index (χ1n) is 5.77. The largest absolute Gasteiger partial charge is 0.318 e. The Morgan fingerprint density at radius 2 is 1.94 bits per heavy atom. The van der Waals surface area contributed by atoms with Crippen LogP contribution in [-0.2, 0) is 5.75 Å². The molecule has 0 heterocycles. The van der Waals surface area contributed by atoms with Crippen molar-refractivity contribution < 1.29 is 0 Å². The highest BCUT2D eigenvalue weighted by atomic mass is 32.2. The Balaban J connectivity index is 2.03. The van der Waals surface area contributed by atoms with Crippen LogP contribution in [0.2, 0.25) is 0 Å². The van der Waals surface area contributed by atoms with E-state index >= 15 is 0 Å². The summed E-state index contributed by atoms with van der Waals surface area (Å²) in [5, 5.41) is 3.17. The monoisotopic (exact) mass is 238 g/mol. The SMILES string of the molecule is CNCCN(C)CCSCc1ccccc1. The van der Waals surface area contributed by atoms with E-state index in [-0.39, 0.29) is 0 Å². The summed E-state index contributed by atoms with van der Waals surface area (Å²) >= 11 is 2.01. The molecule has 0 aliphatic rings. The molecule has 1 rings (SSSR count). The lowest BCUT2D eigenvalue weighted by Gasteiger charge is -2.15. The standard InChI is InChI=1S/C13H22N2S/c1-14-8-9-15(2)10-11-16-12-13-6-4-3-5-7-13/h3-7,14H,8-12H2,1-2H3. The molecule has 0 amide bonds. The molecule has 1 aromatic rings. The molecule has 0 unspecified atom stereocenters. The maximum atomic E-state index is 3.17. The van der Waals surface area contributed by atoms with Crippen LogP contribution in [0.15, 0.2) is 30.3 Å². The van der Waals surface area contributed by atoms with Crippen LogP contribution in [0.5, 0.6) is 0 Å². The van der Waals surface area contributed by atoms with E-state index in [2.05, 4.69) is 47.6 Å². The molecule has 90 valence electrons. The van der Waals surface area contributed by atoms with Crippen molar-refractivity contribution in [2.45, 2.75) is 5.75 Å². The Hall–Kier alpha value is -0.510. The van der Waals surface area contributed by atoms with E-state index in [1.54, 1.807) is 0 Å². The molecule has 0 saturated heterocycles. The number of nitrogens with one attached hydrogen (secondary N) is 1. The van der Waals surface area contributed by atoms with Gasteiger partial charge in [0.15, 0.2) is 0 Å². The first-order valence-corrected chi connectivity index (χ1v) is 6.93. The minimum absolute atomic E-state index is 1.07. The maximum absolute atomic E-state index is 3.17. The summed E-state index contributed by atoms with van der Waals surface area (Å²) in [5.41, 5.74) is 1.42. The lowest BCUT2D eigenvalue weighted by molar-refractivity contribution is 0.356. The predicted molar refractivity (Wildman–Crippen MR) is 74.0 cm³/mol. The fourth-order valence-corrected chi connectivity index (χ4v) is 2.41. The van der Waals surface area contributed by atoms with Crippen molar-refractivity contribution in [2.24, 2.45) is 0 Å². The Morgan fingerprint density at radius 1 is 1.19 bits per heavy atom. The molecule has 0 aliphatic carbocycles. The molecule has 0 radical (unpaired) electrons. The first kappa shape index (κ1) is 13.6. The molecule has 0 fully saturated rings. The van der Waals surface area contributed by atoms with Crippen molar-refractivity contribution in [2.75, 3.05) is 39.5 Å². The molecule has 2 nitrogen and oxygen atoms in total. The summed E-state index contributed by atoms with van der Waals surface area (Å²) in [6.45, 7) is 3.36. The zero-order valence-electron chi connectivity index (χ0n) is 10.3. The van der Waals surface area contributed by atoms with Crippen LogP contribution < -0.4 is 5.32 Å². The third-order valence-electron chi connectivity index (χ3n) is 2.47. The highest BCUT2D eigenvalue weighted by molar-refractivity contribution is 7.98. The number of nitrogens with zero attached hydrogens (tertiary/aromatic N) is 1. The van der Waals surface area contributed by atoms with Gasteiger partial charge < -0.3 is 10.2 Å². The Morgan fingerprint density at radius 3 is 2.62 bits per heavy atom. The first-order chi connectivity index (χ1) is 7.83. The summed E-state index contributed by atoms with van der Waals surface area (Å²) < 4.78 is 0. The molecule has 0 atom stereocenters. The fraction of sp³-hybridized carbons (Fsp3) is 0.538. The van der Waals surface area contributed by atoms with Crippen LogP contribution in [0.4, 0.5) is 0 Å². The predicted octanol–water partition coefficient (Wildman–Crippen LogP) is 2.07. The van der Waals surface area contributed by atoms with Crippen LogP contribution in [0, 0.1) is 0 Å². The molecular formula is C13H22N2S. The number of rotatable bonds is 8. The van der Waals surface area contributed by atoms with Crippen molar-refractivity contribution in [1.82, 2.24) is 10.2 Å². The highest BCUT2D eigenvalue weighted by Crippen LogP contribution is 2.11. The van der Waals surface area contributed by atoms with E-state index in [4.69, 9.17) is 0 Å². The van der Waals surface area contributed by atoms with Crippen LogP contribution in [-0.4, -0.2) is 44.4 Å². The lowest BCUT2D eigenvalue weighted by Crippen LogP contribution is -2.29.